The SMILES string of the molecule is Fc1ccc(COc2cc[c-]cc2)c(Cl)c1.[Br-].[Mg+2]. The van der Waals surface area contributed by atoms with E-state index in [1.54, 1.807) is 30.3 Å². The molecule has 0 aliphatic heterocycles. The molecule has 0 saturated carbocycles. The number of hydrogen-bond donors (Lipinski definition) is 0. The van der Waals surface area contributed by atoms with Gasteiger partial charge in [-0.3, -0.25) is 0 Å². The van der Waals surface area contributed by atoms with Crippen LogP contribution in [0.1, 0.15) is 5.56 Å². The molecule has 0 aromatic heterocycles. The Labute approximate surface area is 137 Å². The van der Waals surface area contributed by atoms with Crippen molar-refractivity contribution in [3.63, 3.8) is 0 Å². The maximum Gasteiger partial charge on any atom is 2.00 e. The molecule has 0 spiro atoms. The Hall–Kier alpha value is -0.294. The summed E-state index contributed by atoms with van der Waals surface area (Å²) < 4.78 is 18.3. The number of halogens is 3. The van der Waals surface area contributed by atoms with Crippen LogP contribution >= 0.6 is 11.6 Å². The van der Waals surface area contributed by atoms with Gasteiger partial charge in [-0.15, -0.1) is 12.1 Å². The molecule has 5 heteroatoms. The molecule has 18 heavy (non-hydrogen) atoms. The standard InChI is InChI=1S/C13H9ClFO.BrH.Mg/c14-13-8-11(15)7-6-10(13)9-16-12-4-2-1-3-5-12;;/h2-8H,9H2;1H;/q-1;;+2/p-1. The Morgan fingerprint density at radius 1 is 1.17 bits per heavy atom. The van der Waals surface area contributed by atoms with Crippen LogP contribution in [0, 0.1) is 11.9 Å². The van der Waals surface area contributed by atoms with Crippen molar-refractivity contribution >= 4 is 34.7 Å². The Morgan fingerprint density at radius 2 is 1.83 bits per heavy atom. The second kappa shape index (κ2) is 8.75. The minimum Gasteiger partial charge on any atom is -1.00 e. The molecule has 0 bridgehead atoms. The van der Waals surface area contributed by atoms with E-state index < -0.39 is 0 Å². The van der Waals surface area contributed by atoms with Gasteiger partial charge in [0.15, 0.2) is 0 Å². The Balaban J connectivity index is 0.00000144. The first-order valence-electron chi connectivity index (χ1n) is 4.78. The molecule has 90 valence electrons. The van der Waals surface area contributed by atoms with Crippen LogP contribution < -0.4 is 21.7 Å². The van der Waals surface area contributed by atoms with Crippen molar-refractivity contribution in [3.8, 4) is 5.75 Å². The average molecular weight is 340 g/mol. The molecule has 0 radical (unpaired) electrons. The van der Waals surface area contributed by atoms with Crippen molar-refractivity contribution in [1.29, 1.82) is 0 Å². The van der Waals surface area contributed by atoms with Gasteiger partial charge in [0.25, 0.3) is 0 Å². The van der Waals surface area contributed by atoms with E-state index in [4.69, 9.17) is 16.3 Å². The number of ether oxygens (including phenoxy) is 1. The van der Waals surface area contributed by atoms with Crippen molar-refractivity contribution in [1.82, 2.24) is 0 Å². The van der Waals surface area contributed by atoms with Gasteiger partial charge in [0.2, 0.25) is 0 Å². The monoisotopic (exact) mass is 338 g/mol. The van der Waals surface area contributed by atoms with Crippen LogP contribution in [-0.2, 0) is 6.61 Å². The third-order valence-electron chi connectivity index (χ3n) is 2.10. The molecule has 0 N–H and O–H groups in total. The molecule has 0 atom stereocenters. The molecule has 0 fully saturated rings. The predicted octanol–water partition coefficient (Wildman–Crippen LogP) is 0.481. The van der Waals surface area contributed by atoms with E-state index in [-0.39, 0.29) is 45.9 Å². The topological polar surface area (TPSA) is 9.23 Å². The van der Waals surface area contributed by atoms with E-state index in [0.717, 1.165) is 11.3 Å². The fourth-order valence-electron chi connectivity index (χ4n) is 1.27. The normalized spacial score (nSPS) is 9.00. The second-order valence-corrected chi connectivity index (χ2v) is 3.67. The van der Waals surface area contributed by atoms with E-state index in [1.807, 2.05) is 0 Å². The van der Waals surface area contributed by atoms with Gasteiger partial charge in [0, 0.05) is 11.3 Å². The van der Waals surface area contributed by atoms with Crippen LogP contribution in [0.4, 0.5) is 4.39 Å². The molecule has 2 rings (SSSR count). The van der Waals surface area contributed by atoms with E-state index in [1.165, 1.54) is 12.1 Å². The molecule has 0 aliphatic rings. The molecule has 0 aliphatic carbocycles. The molecule has 0 unspecified atom stereocenters. The van der Waals surface area contributed by atoms with Crippen LogP contribution in [-0.4, -0.2) is 23.1 Å². The van der Waals surface area contributed by atoms with E-state index in [9.17, 15) is 4.39 Å². The maximum atomic E-state index is 12.8. The van der Waals surface area contributed by atoms with Crippen molar-refractivity contribution in [3.05, 3.63) is 64.9 Å². The van der Waals surface area contributed by atoms with Gasteiger partial charge in [-0.05, 0) is 12.1 Å². The Morgan fingerprint density at radius 3 is 2.44 bits per heavy atom. The zero-order chi connectivity index (χ0) is 11.4. The number of hydrogen-bond acceptors (Lipinski definition) is 1. The number of rotatable bonds is 3. The molecular weight excluding hydrogens is 331 g/mol. The summed E-state index contributed by atoms with van der Waals surface area (Å²) in [4.78, 5) is 0. The molecule has 2 aromatic carbocycles. The molecule has 1 nitrogen and oxygen atoms in total. The minimum absolute atomic E-state index is 0. The van der Waals surface area contributed by atoms with Crippen molar-refractivity contribution in [2.45, 2.75) is 6.61 Å². The zero-order valence-corrected chi connectivity index (χ0v) is 13.3. The van der Waals surface area contributed by atoms with Crippen molar-refractivity contribution < 1.29 is 26.1 Å². The first kappa shape index (κ1) is 17.7. The summed E-state index contributed by atoms with van der Waals surface area (Å²) in [5.74, 6) is 0.391. The van der Waals surface area contributed by atoms with E-state index in [2.05, 4.69) is 6.07 Å². The Bertz CT molecular complexity index is 482. The molecule has 2 aromatic rings. The van der Waals surface area contributed by atoms with Crippen LogP contribution in [0.25, 0.3) is 0 Å². The first-order valence-corrected chi connectivity index (χ1v) is 5.16. The van der Waals surface area contributed by atoms with Crippen LogP contribution in [0.5, 0.6) is 5.75 Å². The van der Waals surface area contributed by atoms with E-state index in [0.29, 0.717) is 11.6 Å². The van der Waals surface area contributed by atoms with Crippen molar-refractivity contribution in [2.24, 2.45) is 0 Å². The van der Waals surface area contributed by atoms with Crippen LogP contribution in [0.15, 0.2) is 42.5 Å². The fourth-order valence-corrected chi connectivity index (χ4v) is 1.49. The summed E-state index contributed by atoms with van der Waals surface area (Å²) in [6.45, 7) is 0.323. The minimum atomic E-state index is -0.344. The smallest absolute Gasteiger partial charge is 1.00 e. The summed E-state index contributed by atoms with van der Waals surface area (Å²) in [5, 5.41) is 0.377. The summed E-state index contributed by atoms with van der Waals surface area (Å²) in [6.07, 6.45) is 0. The quantitative estimate of drug-likeness (QED) is 0.584. The van der Waals surface area contributed by atoms with Crippen molar-refractivity contribution in [2.75, 3.05) is 0 Å². The molecule has 0 amide bonds. The first-order chi connectivity index (χ1) is 7.75. The van der Waals surface area contributed by atoms with Gasteiger partial charge in [-0.1, -0.05) is 17.7 Å². The largest absolute Gasteiger partial charge is 2.00 e. The van der Waals surface area contributed by atoms with Gasteiger partial charge < -0.3 is 21.7 Å². The Kier molecular flexibility index (Phi) is 8.60. The fraction of sp³-hybridized carbons (Fsp3) is 0.0769. The maximum absolute atomic E-state index is 12.8. The summed E-state index contributed by atoms with van der Waals surface area (Å²) >= 11 is 5.87. The third kappa shape index (κ3) is 5.14. The molecule has 0 saturated heterocycles. The molecule has 0 heterocycles. The predicted molar refractivity (Wildman–Crippen MR) is 66.8 cm³/mol. The molecular formula is C13H9BrClFMgO. The van der Waals surface area contributed by atoms with Gasteiger partial charge in [-0.2, -0.15) is 18.2 Å². The van der Waals surface area contributed by atoms with Gasteiger partial charge in [0.05, 0.1) is 5.02 Å². The second-order valence-electron chi connectivity index (χ2n) is 3.26. The van der Waals surface area contributed by atoms with Gasteiger partial charge in [-0.25, -0.2) is 4.39 Å². The van der Waals surface area contributed by atoms with Crippen LogP contribution in [0.2, 0.25) is 5.02 Å². The third-order valence-corrected chi connectivity index (χ3v) is 2.45. The van der Waals surface area contributed by atoms with Gasteiger partial charge in [0.1, 0.15) is 12.4 Å². The summed E-state index contributed by atoms with van der Waals surface area (Å²) in [6, 6.07) is 14.3. The van der Waals surface area contributed by atoms with Crippen LogP contribution in [0.3, 0.4) is 0 Å². The summed E-state index contributed by atoms with van der Waals surface area (Å²) in [7, 11) is 0. The number of benzene rings is 2. The summed E-state index contributed by atoms with van der Waals surface area (Å²) in [5.41, 5.74) is 0.760. The zero-order valence-electron chi connectivity index (χ0n) is 9.50. The van der Waals surface area contributed by atoms with E-state index >= 15 is 0 Å². The average Bonchev–Trinajstić information content (AvgIpc) is 2.29. The van der Waals surface area contributed by atoms with Gasteiger partial charge >= 0.3 is 23.1 Å².